The van der Waals surface area contributed by atoms with Crippen LogP contribution in [0.1, 0.15) is 474 Å². The van der Waals surface area contributed by atoms with Gasteiger partial charge in [-0.1, -0.05) is 321 Å². The Bertz CT molecular complexity index is 2020. The molecule has 2 aromatic carbocycles. The van der Waals surface area contributed by atoms with Crippen molar-refractivity contribution in [3.63, 3.8) is 0 Å². The van der Waals surface area contributed by atoms with Crippen LogP contribution in [0.4, 0.5) is 0 Å². The van der Waals surface area contributed by atoms with E-state index in [1.54, 1.807) is 9.79 Å². The molecule has 0 saturated heterocycles. The quantitative estimate of drug-likeness (QED) is 0.0273. The molecule has 3 rings (SSSR count). The Morgan fingerprint density at radius 1 is 0.295 bits per heavy atom. The first-order valence-electron chi connectivity index (χ1n) is 43.2. The third kappa shape index (κ3) is 55.2. The smallest absolute Gasteiger partial charge is 0.0654 e. The van der Waals surface area contributed by atoms with Crippen LogP contribution in [0, 0.1) is 11.8 Å². The molecular formula is C92H162N2Pd. The summed E-state index contributed by atoms with van der Waals surface area (Å²) in [6.45, 7) is 11.4. The van der Waals surface area contributed by atoms with Crippen molar-refractivity contribution in [3.8, 4) is 11.8 Å². The first-order chi connectivity index (χ1) is 47.1. The third-order valence-corrected chi connectivity index (χ3v) is 22.8. The van der Waals surface area contributed by atoms with E-state index in [0.29, 0.717) is 0 Å². The van der Waals surface area contributed by atoms with E-state index in [1.165, 1.54) is 420 Å². The van der Waals surface area contributed by atoms with Crippen LogP contribution in [-0.2, 0) is 30.8 Å². The molecule has 0 unspecified atom stereocenters. The van der Waals surface area contributed by atoms with Gasteiger partial charge in [0, 0.05) is 23.6 Å². The van der Waals surface area contributed by atoms with E-state index in [0.717, 1.165) is 71.8 Å². The molecule has 2 aromatic rings. The molecule has 95 heavy (non-hydrogen) atoms. The average molecular weight is 1400 g/mol. The number of rotatable bonds is 70. The number of hydrogen-bond donors (Lipinski definition) is 0. The predicted molar refractivity (Wildman–Crippen MR) is 425 cm³/mol. The Morgan fingerprint density at radius 2 is 0.579 bits per heavy atom. The van der Waals surface area contributed by atoms with Gasteiger partial charge in [-0.2, -0.15) is 0 Å². The van der Waals surface area contributed by atoms with Gasteiger partial charge in [-0.05, 0) is 67.5 Å². The summed E-state index contributed by atoms with van der Waals surface area (Å²) in [5.74, 6) is 6.89. The maximum atomic E-state index is 11.5. The molecule has 0 radical (unpaired) electrons. The third-order valence-electron chi connectivity index (χ3n) is 20.6. The standard InChI is InChI=1S/C40H56N2.2C26H53.Pd/c1-4-7-10-11-12-13-14-15-16-17-18-19-20-21-26-38-33-39(37-27-22-25-35(32-37)24-9-6-3)42(41)40(38)36-30-28-34(29-31-36)23-8-5-2;2*1-3-5-7-9-11-13-15-17-19-21-23-25-26-24-22-20-18-16-14-12-10-8-6-4-2;/h22,25,27-33H,4-20,23-24H2,1-3H3;2*1,3-26H2,2H3;. The Hall–Kier alpha value is -2.26. The fourth-order valence-corrected chi connectivity index (χ4v) is 16.0. The van der Waals surface area contributed by atoms with Gasteiger partial charge < -0.3 is 5.53 Å². The van der Waals surface area contributed by atoms with Crippen LogP contribution in [0.5, 0.6) is 0 Å². The Morgan fingerprint density at radius 3 is 0.895 bits per heavy atom. The van der Waals surface area contributed by atoms with Crippen LogP contribution < -0.4 is 0 Å². The molecule has 1 aliphatic rings. The molecule has 0 amide bonds. The summed E-state index contributed by atoms with van der Waals surface area (Å²) >= 11 is 1.06. The molecule has 0 N–H and O–H groups in total. The summed E-state index contributed by atoms with van der Waals surface area (Å²) in [6.07, 6.45) is 97.7. The minimum atomic E-state index is 0.799. The Balaban J connectivity index is 0.000000662. The van der Waals surface area contributed by atoms with Crippen LogP contribution in [0.2, 0.25) is 9.79 Å². The predicted octanol–water partition coefficient (Wildman–Crippen LogP) is 32.9. The van der Waals surface area contributed by atoms with Gasteiger partial charge in [-0.15, -0.1) is 0 Å². The van der Waals surface area contributed by atoms with Crippen molar-refractivity contribution in [2.45, 2.75) is 475 Å². The second-order valence-corrected chi connectivity index (χ2v) is 32.2. The molecule has 0 atom stereocenters. The zero-order valence-electron chi connectivity index (χ0n) is 64.7. The van der Waals surface area contributed by atoms with E-state index in [-0.39, 0.29) is 0 Å². The molecule has 3 heteroatoms. The van der Waals surface area contributed by atoms with Crippen molar-refractivity contribution in [1.29, 1.82) is 0 Å². The van der Waals surface area contributed by atoms with Gasteiger partial charge in [0.05, 0.1) is 0 Å². The molecule has 0 aromatic heterocycles. The van der Waals surface area contributed by atoms with Crippen molar-refractivity contribution in [2.24, 2.45) is 0 Å². The van der Waals surface area contributed by atoms with Crippen molar-refractivity contribution in [3.05, 3.63) is 88.0 Å². The molecule has 0 saturated carbocycles. The number of allylic oxidation sites excluding steroid dienone is 2. The first kappa shape index (κ1) is 88.8. The minimum absolute atomic E-state index is 0.799. The fourth-order valence-electron chi connectivity index (χ4n) is 14.1. The van der Waals surface area contributed by atoms with E-state index in [4.69, 9.17) is 0 Å². The van der Waals surface area contributed by atoms with Crippen LogP contribution in [0.25, 0.3) is 16.9 Å². The number of aryl methyl sites for hydroxylation is 2. The number of benzene rings is 2. The molecule has 2 nitrogen and oxygen atoms in total. The SMILES string of the molecule is CCCCCCCCCCCCCCC#CC1=C(c2ccc(CCCC)cc2)[N+](=[N-])C(c2cccc(CCCC)c2)=C1.CCCCCCCCCCCCCCCCCCCCCCCCC[CH2][Pd][CH2]CCCCCCCCCCCCCCCCCCCCCCCCC. The minimum Gasteiger partial charge on any atom is -0.0654 e. The summed E-state index contributed by atoms with van der Waals surface area (Å²) in [6, 6.07) is 17.3. The summed E-state index contributed by atoms with van der Waals surface area (Å²) in [7, 11) is 0. The summed E-state index contributed by atoms with van der Waals surface area (Å²) in [5.41, 5.74) is 18.7. The van der Waals surface area contributed by atoms with Gasteiger partial charge in [0.25, 0.3) is 0 Å². The molecule has 1 heterocycles. The molecule has 550 valence electrons. The zero-order valence-corrected chi connectivity index (χ0v) is 66.3. The Kier molecular flexibility index (Phi) is 66.9. The molecule has 0 aliphatic carbocycles. The topological polar surface area (TPSA) is 25.3 Å². The maximum absolute atomic E-state index is 11.5. The van der Waals surface area contributed by atoms with Crippen molar-refractivity contribution in [2.75, 3.05) is 0 Å². The van der Waals surface area contributed by atoms with Crippen LogP contribution in [0.3, 0.4) is 0 Å². The van der Waals surface area contributed by atoms with Gasteiger partial charge in [0.1, 0.15) is 5.57 Å². The fraction of sp³-hybridized carbons (Fsp3) is 0.804. The van der Waals surface area contributed by atoms with Crippen molar-refractivity contribution < 1.29 is 22.7 Å². The van der Waals surface area contributed by atoms with E-state index in [2.05, 4.69) is 101 Å². The van der Waals surface area contributed by atoms with Gasteiger partial charge in [0.2, 0.25) is 11.4 Å². The summed E-state index contributed by atoms with van der Waals surface area (Å²) in [4.78, 5) is 3.10. The zero-order chi connectivity index (χ0) is 67.9. The second kappa shape index (κ2) is 71.6. The number of unbranched alkanes of at least 4 members (excludes halogenated alkanes) is 60. The summed E-state index contributed by atoms with van der Waals surface area (Å²) < 4.78 is 1.37. The van der Waals surface area contributed by atoms with E-state index >= 15 is 0 Å². The van der Waals surface area contributed by atoms with Gasteiger partial charge >= 0.3 is 169 Å². The Labute approximate surface area is 604 Å². The average Bonchev–Trinajstić information content (AvgIpc) is 1.65. The van der Waals surface area contributed by atoms with E-state index in [1.807, 2.05) is 0 Å². The molecule has 1 aliphatic heterocycles. The number of hydrogen-bond acceptors (Lipinski definition) is 0. The van der Waals surface area contributed by atoms with E-state index in [9.17, 15) is 5.53 Å². The van der Waals surface area contributed by atoms with E-state index < -0.39 is 0 Å². The van der Waals surface area contributed by atoms with Crippen molar-refractivity contribution in [1.82, 2.24) is 0 Å². The number of nitrogens with zero attached hydrogens (tertiary/aromatic N) is 2. The normalized spacial score (nSPS) is 12.3. The molecule has 0 bridgehead atoms. The van der Waals surface area contributed by atoms with Gasteiger partial charge in [-0.25, -0.2) is 4.70 Å². The molecule has 0 spiro atoms. The van der Waals surface area contributed by atoms with Crippen molar-refractivity contribution >= 4 is 11.4 Å². The van der Waals surface area contributed by atoms with Crippen LogP contribution in [-0.4, -0.2) is 4.70 Å². The summed E-state index contributed by atoms with van der Waals surface area (Å²) in [5, 5.41) is 0. The monoisotopic (exact) mass is 1400 g/mol. The van der Waals surface area contributed by atoms with Gasteiger partial charge in [-0.3, -0.25) is 0 Å². The molecule has 0 fully saturated rings. The van der Waals surface area contributed by atoms with Crippen LogP contribution >= 0.6 is 0 Å². The second-order valence-electron chi connectivity index (χ2n) is 29.9. The molecular weight excluding hydrogens is 1240 g/mol. The van der Waals surface area contributed by atoms with Crippen LogP contribution in [0.15, 0.2) is 60.2 Å². The first-order valence-corrected chi connectivity index (χ1v) is 45.4. The van der Waals surface area contributed by atoms with Gasteiger partial charge in [0.15, 0.2) is 0 Å².